The Hall–Kier alpha value is -1.88. The minimum atomic E-state index is -0.383. The maximum Gasteiger partial charge on any atom is 0.419 e. The largest absolute Gasteiger partial charge is 0.419 e. The van der Waals surface area contributed by atoms with Crippen molar-refractivity contribution >= 4 is 16.9 Å². The molecule has 1 aromatic heterocycles. The Morgan fingerprint density at radius 3 is 3.00 bits per heavy atom. The van der Waals surface area contributed by atoms with Gasteiger partial charge >= 0.3 is 5.76 Å². The van der Waals surface area contributed by atoms with E-state index in [4.69, 9.17) is 9.15 Å². The summed E-state index contributed by atoms with van der Waals surface area (Å²) in [6, 6.07) is 5.17. The highest BCUT2D eigenvalue weighted by Gasteiger charge is 2.20. The zero-order valence-electron chi connectivity index (χ0n) is 11.4. The molecular formula is C15H17NO4. The SMILES string of the molecule is CCn1c(=O)oc2cc(C(=O)CC3CCCO3)ccc21. The topological polar surface area (TPSA) is 61.4 Å². The summed E-state index contributed by atoms with van der Waals surface area (Å²) < 4.78 is 12.2. The number of aryl methyl sites for hydroxylation is 1. The highest BCUT2D eigenvalue weighted by molar-refractivity contribution is 5.98. The van der Waals surface area contributed by atoms with Crippen molar-refractivity contribution in [3.8, 4) is 0 Å². The summed E-state index contributed by atoms with van der Waals surface area (Å²) in [5, 5.41) is 0. The number of fused-ring (bicyclic) bond motifs is 1. The molecule has 0 aliphatic carbocycles. The van der Waals surface area contributed by atoms with E-state index < -0.39 is 0 Å². The molecule has 5 heteroatoms. The number of hydrogen-bond donors (Lipinski definition) is 0. The van der Waals surface area contributed by atoms with E-state index in [2.05, 4.69) is 0 Å². The Morgan fingerprint density at radius 2 is 2.30 bits per heavy atom. The van der Waals surface area contributed by atoms with Crippen molar-refractivity contribution in [1.82, 2.24) is 4.57 Å². The fourth-order valence-electron chi connectivity index (χ4n) is 2.67. The molecule has 106 valence electrons. The molecule has 1 aromatic carbocycles. The Balaban J connectivity index is 1.88. The fraction of sp³-hybridized carbons (Fsp3) is 0.467. The van der Waals surface area contributed by atoms with Gasteiger partial charge in [-0.05, 0) is 38.0 Å². The maximum absolute atomic E-state index is 12.2. The van der Waals surface area contributed by atoms with Crippen molar-refractivity contribution in [3.05, 3.63) is 34.3 Å². The minimum Gasteiger partial charge on any atom is -0.408 e. The number of aromatic nitrogens is 1. The Kier molecular flexibility index (Phi) is 3.44. The first-order valence-electron chi connectivity index (χ1n) is 6.97. The number of ether oxygens (including phenoxy) is 1. The molecule has 0 amide bonds. The van der Waals surface area contributed by atoms with Crippen LogP contribution in [0, 0.1) is 0 Å². The third-order valence-electron chi connectivity index (χ3n) is 3.74. The van der Waals surface area contributed by atoms with Gasteiger partial charge in [0.25, 0.3) is 0 Å². The second-order valence-corrected chi connectivity index (χ2v) is 5.06. The first-order valence-corrected chi connectivity index (χ1v) is 6.97. The van der Waals surface area contributed by atoms with Gasteiger partial charge in [0.15, 0.2) is 11.4 Å². The number of ketones is 1. The average molecular weight is 275 g/mol. The molecule has 2 heterocycles. The zero-order valence-corrected chi connectivity index (χ0v) is 11.4. The molecule has 1 atom stereocenters. The second-order valence-electron chi connectivity index (χ2n) is 5.06. The van der Waals surface area contributed by atoms with Gasteiger partial charge in [0.05, 0.1) is 11.6 Å². The number of rotatable bonds is 4. The van der Waals surface area contributed by atoms with Crippen molar-refractivity contribution in [2.45, 2.75) is 38.8 Å². The zero-order chi connectivity index (χ0) is 14.1. The lowest BCUT2D eigenvalue weighted by molar-refractivity contribution is 0.0775. The van der Waals surface area contributed by atoms with Gasteiger partial charge in [-0.3, -0.25) is 9.36 Å². The summed E-state index contributed by atoms with van der Waals surface area (Å²) in [7, 11) is 0. The summed E-state index contributed by atoms with van der Waals surface area (Å²) in [5.41, 5.74) is 1.77. The quantitative estimate of drug-likeness (QED) is 0.804. The second kappa shape index (κ2) is 5.25. The molecule has 0 bridgehead atoms. The van der Waals surface area contributed by atoms with Crippen LogP contribution in [-0.2, 0) is 11.3 Å². The smallest absolute Gasteiger partial charge is 0.408 e. The summed E-state index contributed by atoms with van der Waals surface area (Å²) >= 11 is 0. The van der Waals surface area contributed by atoms with Gasteiger partial charge in [0.2, 0.25) is 0 Å². The molecule has 0 spiro atoms. The van der Waals surface area contributed by atoms with Gasteiger partial charge in [-0.15, -0.1) is 0 Å². The lowest BCUT2D eigenvalue weighted by Gasteiger charge is -2.07. The van der Waals surface area contributed by atoms with Crippen LogP contribution in [0.4, 0.5) is 0 Å². The fourth-order valence-corrected chi connectivity index (χ4v) is 2.67. The predicted molar refractivity (Wildman–Crippen MR) is 74.1 cm³/mol. The van der Waals surface area contributed by atoms with Gasteiger partial charge in [-0.1, -0.05) is 0 Å². The van der Waals surface area contributed by atoms with E-state index in [0.29, 0.717) is 24.1 Å². The van der Waals surface area contributed by atoms with E-state index in [0.717, 1.165) is 25.0 Å². The van der Waals surface area contributed by atoms with E-state index in [1.165, 1.54) is 0 Å². The molecule has 20 heavy (non-hydrogen) atoms. The highest BCUT2D eigenvalue weighted by atomic mass is 16.5. The Morgan fingerprint density at radius 1 is 1.45 bits per heavy atom. The maximum atomic E-state index is 12.2. The van der Waals surface area contributed by atoms with E-state index in [9.17, 15) is 9.59 Å². The number of Topliss-reactive ketones (excluding diaryl/α,β-unsaturated/α-hetero) is 1. The molecule has 2 aromatic rings. The van der Waals surface area contributed by atoms with Gasteiger partial charge in [-0.2, -0.15) is 0 Å². The first kappa shape index (κ1) is 13.1. The van der Waals surface area contributed by atoms with Crippen LogP contribution in [0.2, 0.25) is 0 Å². The van der Waals surface area contributed by atoms with Crippen molar-refractivity contribution in [2.75, 3.05) is 6.61 Å². The summed E-state index contributed by atoms with van der Waals surface area (Å²) in [5.74, 6) is -0.350. The van der Waals surface area contributed by atoms with E-state index >= 15 is 0 Å². The van der Waals surface area contributed by atoms with Crippen molar-refractivity contribution in [1.29, 1.82) is 0 Å². The molecule has 0 saturated carbocycles. The van der Waals surface area contributed by atoms with Crippen LogP contribution in [0.1, 0.15) is 36.5 Å². The molecule has 1 aliphatic heterocycles. The molecule has 0 radical (unpaired) electrons. The van der Waals surface area contributed by atoms with Crippen LogP contribution in [0.3, 0.4) is 0 Å². The third kappa shape index (κ3) is 2.29. The van der Waals surface area contributed by atoms with Crippen LogP contribution in [0.25, 0.3) is 11.1 Å². The van der Waals surface area contributed by atoms with Gasteiger partial charge in [0.1, 0.15) is 0 Å². The summed E-state index contributed by atoms with van der Waals surface area (Å²) in [6.45, 7) is 3.17. The number of oxazole rings is 1. The number of nitrogens with zero attached hydrogens (tertiary/aromatic N) is 1. The number of carbonyl (C=O) groups excluding carboxylic acids is 1. The van der Waals surface area contributed by atoms with Crippen molar-refractivity contribution in [3.63, 3.8) is 0 Å². The summed E-state index contributed by atoms with van der Waals surface area (Å²) in [6.07, 6.45) is 2.38. The number of hydrogen-bond acceptors (Lipinski definition) is 4. The molecule has 1 saturated heterocycles. The normalized spacial score (nSPS) is 18.8. The van der Waals surface area contributed by atoms with E-state index in [-0.39, 0.29) is 17.6 Å². The molecule has 1 aliphatic rings. The van der Waals surface area contributed by atoms with E-state index in [1.807, 2.05) is 6.92 Å². The predicted octanol–water partition coefficient (Wildman–Crippen LogP) is 2.37. The Labute approximate surface area is 116 Å². The Bertz CT molecular complexity index is 691. The molecule has 0 N–H and O–H groups in total. The number of carbonyl (C=O) groups is 1. The minimum absolute atomic E-state index is 0.0328. The highest BCUT2D eigenvalue weighted by Crippen LogP contribution is 2.20. The van der Waals surface area contributed by atoms with Gasteiger partial charge in [-0.25, -0.2) is 4.79 Å². The summed E-state index contributed by atoms with van der Waals surface area (Å²) in [4.78, 5) is 23.8. The standard InChI is InChI=1S/C15H17NO4/c1-2-16-12-6-5-10(8-14(12)20-15(16)18)13(17)9-11-4-3-7-19-11/h5-6,8,11H,2-4,7,9H2,1H3. The number of benzene rings is 1. The average Bonchev–Trinajstić information content (AvgIpc) is 3.04. The molecule has 1 unspecified atom stereocenters. The molecule has 1 fully saturated rings. The van der Waals surface area contributed by atoms with Crippen LogP contribution < -0.4 is 5.76 Å². The van der Waals surface area contributed by atoms with Crippen LogP contribution in [-0.4, -0.2) is 23.1 Å². The lowest BCUT2D eigenvalue weighted by Crippen LogP contribution is -2.13. The van der Waals surface area contributed by atoms with Crippen LogP contribution in [0.15, 0.2) is 27.4 Å². The molecule has 5 nitrogen and oxygen atoms in total. The van der Waals surface area contributed by atoms with Crippen molar-refractivity contribution < 1.29 is 13.9 Å². The molecule has 3 rings (SSSR count). The van der Waals surface area contributed by atoms with Crippen LogP contribution >= 0.6 is 0 Å². The first-order chi connectivity index (χ1) is 9.69. The molecular weight excluding hydrogens is 258 g/mol. The van der Waals surface area contributed by atoms with Gasteiger partial charge < -0.3 is 9.15 Å². The van der Waals surface area contributed by atoms with Gasteiger partial charge in [0, 0.05) is 25.1 Å². The van der Waals surface area contributed by atoms with E-state index in [1.54, 1.807) is 22.8 Å². The van der Waals surface area contributed by atoms with Crippen molar-refractivity contribution in [2.24, 2.45) is 0 Å². The monoisotopic (exact) mass is 275 g/mol. The third-order valence-corrected chi connectivity index (χ3v) is 3.74. The van der Waals surface area contributed by atoms with Crippen LogP contribution in [0.5, 0.6) is 0 Å². The lowest BCUT2D eigenvalue weighted by atomic mass is 10.0.